The Morgan fingerprint density at radius 2 is 2.25 bits per heavy atom. The van der Waals surface area contributed by atoms with Crippen LogP contribution in [-0.4, -0.2) is 6.54 Å². The van der Waals surface area contributed by atoms with Crippen LogP contribution in [0.2, 0.25) is 0 Å². The summed E-state index contributed by atoms with van der Waals surface area (Å²) in [5.74, 6) is 0. The molecule has 2 aromatic rings. The molecule has 0 saturated heterocycles. The topological polar surface area (TPSA) is 12.0 Å². The highest BCUT2D eigenvalue weighted by Crippen LogP contribution is 2.26. The molecule has 0 bridgehead atoms. The van der Waals surface area contributed by atoms with E-state index >= 15 is 0 Å². The third-order valence-electron chi connectivity index (χ3n) is 2.34. The van der Waals surface area contributed by atoms with Crippen molar-refractivity contribution in [2.75, 3.05) is 6.54 Å². The van der Waals surface area contributed by atoms with Crippen LogP contribution in [0.25, 0.3) is 0 Å². The van der Waals surface area contributed by atoms with E-state index in [1.165, 1.54) is 19.1 Å². The van der Waals surface area contributed by atoms with Crippen LogP contribution in [0.1, 0.15) is 14.6 Å². The molecule has 1 N–H and O–H groups in total. The molecule has 0 atom stereocenters. The second-order valence-corrected chi connectivity index (χ2v) is 6.85. The Morgan fingerprint density at radius 1 is 1.38 bits per heavy atom. The summed E-state index contributed by atoms with van der Waals surface area (Å²) in [6.07, 6.45) is 1.13. The van der Waals surface area contributed by atoms with Crippen LogP contribution in [0.5, 0.6) is 0 Å². The standard InChI is InChI=1S/C12H14BrNS2/c1-9-12(13)7-11(16-9)8-14-5-4-10-3-2-6-15-10/h2-3,6-7,14H,4-5,8H2,1H3. The Morgan fingerprint density at radius 3 is 2.88 bits per heavy atom. The predicted molar refractivity (Wildman–Crippen MR) is 76.5 cm³/mol. The summed E-state index contributed by atoms with van der Waals surface area (Å²) in [5.41, 5.74) is 0. The van der Waals surface area contributed by atoms with Gasteiger partial charge in [0.05, 0.1) is 0 Å². The van der Waals surface area contributed by atoms with Gasteiger partial charge in [-0.15, -0.1) is 22.7 Å². The van der Waals surface area contributed by atoms with Crippen molar-refractivity contribution in [1.82, 2.24) is 5.32 Å². The lowest BCUT2D eigenvalue weighted by molar-refractivity contribution is 0.697. The molecule has 0 unspecified atom stereocenters. The maximum atomic E-state index is 3.54. The second-order valence-electron chi connectivity index (χ2n) is 3.62. The average Bonchev–Trinajstić information content (AvgIpc) is 2.85. The van der Waals surface area contributed by atoms with Crippen LogP contribution in [0, 0.1) is 6.92 Å². The van der Waals surface area contributed by atoms with Gasteiger partial charge < -0.3 is 5.32 Å². The summed E-state index contributed by atoms with van der Waals surface area (Å²) >= 11 is 7.23. The van der Waals surface area contributed by atoms with Crippen molar-refractivity contribution in [3.63, 3.8) is 0 Å². The van der Waals surface area contributed by atoms with Crippen molar-refractivity contribution in [3.05, 3.63) is 42.7 Å². The highest BCUT2D eigenvalue weighted by Gasteiger charge is 2.02. The van der Waals surface area contributed by atoms with E-state index in [1.54, 1.807) is 0 Å². The molecule has 2 rings (SSSR count). The van der Waals surface area contributed by atoms with Gasteiger partial charge in [0, 0.05) is 32.2 Å². The van der Waals surface area contributed by atoms with Crippen LogP contribution in [0.15, 0.2) is 28.1 Å². The third kappa shape index (κ3) is 3.42. The van der Waals surface area contributed by atoms with Crippen molar-refractivity contribution in [1.29, 1.82) is 0 Å². The van der Waals surface area contributed by atoms with Gasteiger partial charge in [-0.2, -0.15) is 0 Å². The second kappa shape index (κ2) is 5.96. The molecule has 4 heteroatoms. The highest BCUT2D eigenvalue weighted by molar-refractivity contribution is 9.10. The molecule has 1 nitrogen and oxygen atoms in total. The number of hydrogen-bond donors (Lipinski definition) is 1. The molecule has 0 radical (unpaired) electrons. The smallest absolute Gasteiger partial charge is 0.0314 e. The number of nitrogens with one attached hydrogen (secondary N) is 1. The molecule has 0 aliphatic rings. The van der Waals surface area contributed by atoms with E-state index in [0.717, 1.165) is 19.5 Å². The zero-order chi connectivity index (χ0) is 11.4. The largest absolute Gasteiger partial charge is 0.311 e. The van der Waals surface area contributed by atoms with Crippen LogP contribution < -0.4 is 5.32 Å². The third-order valence-corrected chi connectivity index (χ3v) is 5.41. The number of halogens is 1. The zero-order valence-electron chi connectivity index (χ0n) is 9.13. The van der Waals surface area contributed by atoms with Crippen LogP contribution in [0.3, 0.4) is 0 Å². The van der Waals surface area contributed by atoms with Gasteiger partial charge in [-0.3, -0.25) is 0 Å². The maximum absolute atomic E-state index is 3.54. The SMILES string of the molecule is Cc1sc(CNCCc2cccs2)cc1Br. The molecular weight excluding hydrogens is 302 g/mol. The summed E-state index contributed by atoms with van der Waals surface area (Å²) in [6.45, 7) is 4.17. The summed E-state index contributed by atoms with van der Waals surface area (Å²) in [7, 11) is 0. The molecule has 0 amide bonds. The number of rotatable bonds is 5. The summed E-state index contributed by atoms with van der Waals surface area (Å²) in [6, 6.07) is 6.51. The molecule has 16 heavy (non-hydrogen) atoms. The van der Waals surface area contributed by atoms with Gasteiger partial charge in [0.1, 0.15) is 0 Å². The Kier molecular flexibility index (Phi) is 4.58. The van der Waals surface area contributed by atoms with Crippen molar-refractivity contribution < 1.29 is 0 Å². The minimum atomic E-state index is 0.975. The lowest BCUT2D eigenvalue weighted by Crippen LogP contribution is -2.15. The number of hydrogen-bond acceptors (Lipinski definition) is 3. The molecule has 0 aromatic carbocycles. The van der Waals surface area contributed by atoms with E-state index in [1.807, 2.05) is 22.7 Å². The fourth-order valence-corrected chi connectivity index (χ4v) is 3.76. The molecule has 0 aliphatic heterocycles. The first-order valence-electron chi connectivity index (χ1n) is 5.23. The van der Waals surface area contributed by atoms with Crippen LogP contribution in [-0.2, 0) is 13.0 Å². The fraction of sp³-hybridized carbons (Fsp3) is 0.333. The van der Waals surface area contributed by atoms with Gasteiger partial charge >= 0.3 is 0 Å². The normalized spacial score (nSPS) is 10.9. The van der Waals surface area contributed by atoms with Crippen molar-refractivity contribution in [2.45, 2.75) is 19.9 Å². The lowest BCUT2D eigenvalue weighted by atomic mass is 10.3. The summed E-state index contributed by atoms with van der Waals surface area (Å²) in [5, 5.41) is 5.61. The minimum Gasteiger partial charge on any atom is -0.311 e. The predicted octanol–water partition coefficient (Wildman–Crippen LogP) is 4.21. The van der Waals surface area contributed by atoms with E-state index in [4.69, 9.17) is 0 Å². The highest BCUT2D eigenvalue weighted by atomic mass is 79.9. The molecule has 86 valence electrons. The quantitative estimate of drug-likeness (QED) is 0.815. The first-order chi connectivity index (χ1) is 7.75. The Balaban J connectivity index is 1.72. The van der Waals surface area contributed by atoms with Gasteiger partial charge in [-0.25, -0.2) is 0 Å². The van der Waals surface area contributed by atoms with Gasteiger partial charge in [-0.1, -0.05) is 6.07 Å². The van der Waals surface area contributed by atoms with Crippen LogP contribution >= 0.6 is 38.6 Å². The summed E-state index contributed by atoms with van der Waals surface area (Å²) in [4.78, 5) is 4.21. The fourth-order valence-electron chi connectivity index (χ4n) is 1.48. The lowest BCUT2D eigenvalue weighted by Gasteiger charge is -2.00. The Hall–Kier alpha value is -0.160. The van der Waals surface area contributed by atoms with Gasteiger partial charge in [-0.05, 0) is 46.8 Å². The molecule has 0 aliphatic carbocycles. The van der Waals surface area contributed by atoms with Gasteiger partial charge in [0.15, 0.2) is 0 Å². The molecule has 2 aromatic heterocycles. The van der Waals surface area contributed by atoms with Crippen molar-refractivity contribution in [2.24, 2.45) is 0 Å². The number of thiophene rings is 2. The monoisotopic (exact) mass is 315 g/mol. The van der Waals surface area contributed by atoms with Gasteiger partial charge in [0.2, 0.25) is 0 Å². The van der Waals surface area contributed by atoms with Gasteiger partial charge in [0.25, 0.3) is 0 Å². The first kappa shape index (κ1) is 12.3. The number of aryl methyl sites for hydroxylation is 1. The maximum Gasteiger partial charge on any atom is 0.0314 e. The van der Waals surface area contributed by atoms with E-state index in [-0.39, 0.29) is 0 Å². The molecule has 2 heterocycles. The van der Waals surface area contributed by atoms with E-state index in [9.17, 15) is 0 Å². The molecule has 0 fully saturated rings. The first-order valence-corrected chi connectivity index (χ1v) is 7.72. The van der Waals surface area contributed by atoms with E-state index in [2.05, 4.69) is 51.7 Å². The molecule has 0 saturated carbocycles. The van der Waals surface area contributed by atoms with E-state index in [0.29, 0.717) is 0 Å². The zero-order valence-corrected chi connectivity index (χ0v) is 12.3. The Bertz CT molecular complexity index is 414. The van der Waals surface area contributed by atoms with Crippen molar-refractivity contribution >= 4 is 38.6 Å². The van der Waals surface area contributed by atoms with Crippen molar-refractivity contribution in [3.8, 4) is 0 Å². The van der Waals surface area contributed by atoms with E-state index < -0.39 is 0 Å². The molecule has 0 spiro atoms. The Labute approximate surface area is 113 Å². The van der Waals surface area contributed by atoms with Crippen LogP contribution in [0.4, 0.5) is 0 Å². The minimum absolute atomic E-state index is 0.975. The summed E-state index contributed by atoms with van der Waals surface area (Å²) < 4.78 is 1.23. The molecular formula is C12H14BrNS2. The average molecular weight is 316 g/mol.